The van der Waals surface area contributed by atoms with E-state index in [1.807, 2.05) is 30.0 Å². The molecule has 0 aliphatic rings. The lowest BCUT2D eigenvalue weighted by Gasteiger charge is -2.11. The summed E-state index contributed by atoms with van der Waals surface area (Å²) in [6.07, 6.45) is 2.13. The molecule has 96 valence electrons. The van der Waals surface area contributed by atoms with Crippen LogP contribution in [-0.4, -0.2) is 32.3 Å². The smallest absolute Gasteiger partial charge is 0.122 e. The molecule has 0 heterocycles. The van der Waals surface area contributed by atoms with Crippen LogP contribution in [0.2, 0.25) is 0 Å². The van der Waals surface area contributed by atoms with Crippen molar-refractivity contribution in [2.45, 2.75) is 18.7 Å². The van der Waals surface area contributed by atoms with Crippen molar-refractivity contribution < 1.29 is 9.47 Å². The second kappa shape index (κ2) is 7.45. The van der Waals surface area contributed by atoms with E-state index in [0.29, 0.717) is 5.25 Å². The van der Waals surface area contributed by atoms with E-state index in [1.54, 1.807) is 14.2 Å². The van der Waals surface area contributed by atoms with Crippen molar-refractivity contribution >= 4 is 11.8 Å². The molecule has 1 aromatic rings. The zero-order valence-electron chi connectivity index (χ0n) is 10.9. The number of rotatable bonds is 7. The summed E-state index contributed by atoms with van der Waals surface area (Å²) < 4.78 is 10.5. The van der Waals surface area contributed by atoms with Gasteiger partial charge in [-0.2, -0.15) is 11.8 Å². The van der Waals surface area contributed by atoms with Crippen molar-refractivity contribution in [1.82, 2.24) is 5.32 Å². The SMILES string of the molecule is COc1cc(CNCC(C)SC)cc(OC)c1. The van der Waals surface area contributed by atoms with Crippen LogP contribution < -0.4 is 14.8 Å². The number of hydrogen-bond donors (Lipinski definition) is 1. The van der Waals surface area contributed by atoms with Gasteiger partial charge in [0, 0.05) is 24.4 Å². The molecule has 0 spiro atoms. The maximum absolute atomic E-state index is 5.23. The van der Waals surface area contributed by atoms with Gasteiger partial charge in [-0.3, -0.25) is 0 Å². The number of nitrogens with one attached hydrogen (secondary N) is 1. The number of thioether (sulfide) groups is 1. The van der Waals surface area contributed by atoms with Gasteiger partial charge in [0.25, 0.3) is 0 Å². The summed E-state index contributed by atoms with van der Waals surface area (Å²) in [5.41, 5.74) is 1.18. The van der Waals surface area contributed by atoms with Crippen LogP contribution in [0, 0.1) is 0 Å². The molecule has 0 aliphatic heterocycles. The maximum atomic E-state index is 5.23. The lowest BCUT2D eigenvalue weighted by atomic mass is 10.2. The van der Waals surface area contributed by atoms with Gasteiger partial charge < -0.3 is 14.8 Å². The highest BCUT2D eigenvalue weighted by molar-refractivity contribution is 7.99. The molecule has 0 saturated carbocycles. The summed E-state index contributed by atoms with van der Waals surface area (Å²) in [7, 11) is 3.34. The van der Waals surface area contributed by atoms with Crippen molar-refractivity contribution in [3.05, 3.63) is 23.8 Å². The molecule has 0 bridgehead atoms. The predicted octanol–water partition coefficient (Wildman–Crippen LogP) is 2.54. The Kier molecular flexibility index (Phi) is 6.22. The van der Waals surface area contributed by atoms with Crippen molar-refractivity contribution in [3.8, 4) is 11.5 Å². The first-order chi connectivity index (χ1) is 8.19. The van der Waals surface area contributed by atoms with Gasteiger partial charge in [0.15, 0.2) is 0 Å². The molecular formula is C13H21NO2S. The van der Waals surface area contributed by atoms with Crippen LogP contribution in [0.5, 0.6) is 11.5 Å². The Balaban J connectivity index is 2.57. The van der Waals surface area contributed by atoms with Crippen molar-refractivity contribution in [2.24, 2.45) is 0 Å². The van der Waals surface area contributed by atoms with Gasteiger partial charge in [0.1, 0.15) is 11.5 Å². The quantitative estimate of drug-likeness (QED) is 0.811. The number of benzene rings is 1. The molecule has 3 nitrogen and oxygen atoms in total. The molecule has 1 atom stereocenters. The van der Waals surface area contributed by atoms with E-state index in [4.69, 9.17) is 9.47 Å². The minimum absolute atomic E-state index is 0.627. The molecule has 0 saturated heterocycles. The topological polar surface area (TPSA) is 30.5 Å². The van der Waals surface area contributed by atoms with Crippen LogP contribution >= 0.6 is 11.8 Å². The lowest BCUT2D eigenvalue weighted by molar-refractivity contribution is 0.393. The molecule has 0 aromatic heterocycles. The van der Waals surface area contributed by atoms with Crippen LogP contribution in [0.3, 0.4) is 0 Å². The molecular weight excluding hydrogens is 234 g/mol. The summed E-state index contributed by atoms with van der Waals surface area (Å²) in [6.45, 7) is 4.04. The lowest BCUT2D eigenvalue weighted by Crippen LogP contribution is -2.22. The van der Waals surface area contributed by atoms with Crippen LogP contribution in [-0.2, 0) is 6.54 Å². The third-order valence-electron chi connectivity index (χ3n) is 2.57. The Morgan fingerprint density at radius 2 is 1.76 bits per heavy atom. The Labute approximate surface area is 108 Å². The first kappa shape index (κ1) is 14.2. The van der Waals surface area contributed by atoms with Crippen LogP contribution in [0.15, 0.2) is 18.2 Å². The van der Waals surface area contributed by atoms with Crippen LogP contribution in [0.25, 0.3) is 0 Å². The Morgan fingerprint density at radius 3 is 2.24 bits per heavy atom. The normalized spacial score (nSPS) is 12.2. The van der Waals surface area contributed by atoms with Gasteiger partial charge in [0.2, 0.25) is 0 Å². The van der Waals surface area contributed by atoms with E-state index in [2.05, 4.69) is 18.5 Å². The molecule has 0 amide bonds. The Bertz CT molecular complexity index is 322. The monoisotopic (exact) mass is 255 g/mol. The van der Waals surface area contributed by atoms with Crippen molar-refractivity contribution in [3.63, 3.8) is 0 Å². The van der Waals surface area contributed by atoms with E-state index < -0.39 is 0 Å². The third-order valence-corrected chi connectivity index (χ3v) is 3.55. The molecule has 1 N–H and O–H groups in total. The molecule has 4 heteroatoms. The maximum Gasteiger partial charge on any atom is 0.122 e. The highest BCUT2D eigenvalue weighted by Gasteiger charge is 2.03. The molecule has 1 unspecified atom stereocenters. The number of hydrogen-bond acceptors (Lipinski definition) is 4. The summed E-state index contributed by atoms with van der Waals surface area (Å²) in [4.78, 5) is 0. The van der Waals surface area contributed by atoms with Gasteiger partial charge >= 0.3 is 0 Å². The van der Waals surface area contributed by atoms with E-state index in [0.717, 1.165) is 24.6 Å². The first-order valence-corrected chi connectivity index (χ1v) is 6.93. The van der Waals surface area contributed by atoms with E-state index in [-0.39, 0.29) is 0 Å². The minimum Gasteiger partial charge on any atom is -0.497 e. The Morgan fingerprint density at radius 1 is 1.18 bits per heavy atom. The zero-order chi connectivity index (χ0) is 12.7. The predicted molar refractivity (Wildman–Crippen MR) is 74.2 cm³/mol. The standard InChI is InChI=1S/C13H21NO2S/c1-10(17-4)8-14-9-11-5-12(15-2)7-13(6-11)16-3/h5-7,10,14H,8-9H2,1-4H3. The molecule has 0 radical (unpaired) electrons. The molecule has 1 rings (SSSR count). The zero-order valence-corrected chi connectivity index (χ0v) is 11.8. The summed E-state index contributed by atoms with van der Waals surface area (Å²) in [6, 6.07) is 5.94. The van der Waals surface area contributed by atoms with Crippen LogP contribution in [0.1, 0.15) is 12.5 Å². The fourth-order valence-electron chi connectivity index (χ4n) is 1.47. The third kappa shape index (κ3) is 4.88. The largest absolute Gasteiger partial charge is 0.497 e. The molecule has 17 heavy (non-hydrogen) atoms. The van der Waals surface area contributed by atoms with Crippen LogP contribution in [0.4, 0.5) is 0 Å². The van der Waals surface area contributed by atoms with Gasteiger partial charge in [-0.05, 0) is 24.0 Å². The van der Waals surface area contributed by atoms with E-state index in [1.165, 1.54) is 5.56 Å². The summed E-state index contributed by atoms with van der Waals surface area (Å²) in [5.74, 6) is 1.66. The average Bonchev–Trinajstić information content (AvgIpc) is 2.37. The highest BCUT2D eigenvalue weighted by atomic mass is 32.2. The molecule has 0 aliphatic carbocycles. The second-order valence-corrected chi connectivity index (χ2v) is 5.17. The second-order valence-electron chi connectivity index (χ2n) is 3.90. The highest BCUT2D eigenvalue weighted by Crippen LogP contribution is 2.22. The molecule has 1 aromatic carbocycles. The van der Waals surface area contributed by atoms with E-state index >= 15 is 0 Å². The summed E-state index contributed by atoms with van der Waals surface area (Å²) in [5, 5.41) is 4.05. The van der Waals surface area contributed by atoms with Gasteiger partial charge in [0.05, 0.1) is 14.2 Å². The number of ether oxygens (including phenoxy) is 2. The average molecular weight is 255 g/mol. The van der Waals surface area contributed by atoms with E-state index in [9.17, 15) is 0 Å². The van der Waals surface area contributed by atoms with Gasteiger partial charge in [-0.1, -0.05) is 6.92 Å². The van der Waals surface area contributed by atoms with Gasteiger partial charge in [-0.25, -0.2) is 0 Å². The Hall–Kier alpha value is -0.870. The fourth-order valence-corrected chi connectivity index (χ4v) is 1.76. The summed E-state index contributed by atoms with van der Waals surface area (Å²) >= 11 is 1.86. The van der Waals surface area contributed by atoms with Gasteiger partial charge in [-0.15, -0.1) is 0 Å². The van der Waals surface area contributed by atoms with Crippen molar-refractivity contribution in [1.29, 1.82) is 0 Å². The van der Waals surface area contributed by atoms with Crippen molar-refractivity contribution in [2.75, 3.05) is 27.0 Å². The first-order valence-electron chi connectivity index (χ1n) is 5.65. The minimum atomic E-state index is 0.627. The number of methoxy groups -OCH3 is 2. The molecule has 0 fully saturated rings. The fraction of sp³-hybridized carbons (Fsp3) is 0.538.